The predicted molar refractivity (Wildman–Crippen MR) is 226 cm³/mol. The number of hydrogen-bond donors (Lipinski definition) is 11. The first-order valence-electron chi connectivity index (χ1n) is 24.0. The Kier molecular flexibility index (Phi) is 13.8. The summed E-state index contributed by atoms with van der Waals surface area (Å²) in [5, 5.41) is 116. The highest BCUT2D eigenvalue weighted by Crippen LogP contribution is 2.76. The van der Waals surface area contributed by atoms with Crippen LogP contribution in [0.25, 0.3) is 0 Å². The molecule has 5 aliphatic carbocycles. The molecule has 0 spiro atoms. The first kappa shape index (κ1) is 50.5. The minimum absolute atomic E-state index is 0.0871. The summed E-state index contributed by atoms with van der Waals surface area (Å²) in [6, 6.07) is 0. The number of carbonyl (C=O) groups excluding carboxylic acids is 1. The van der Waals surface area contributed by atoms with Crippen LogP contribution in [0.3, 0.4) is 0 Å². The molecule has 4 saturated carbocycles. The normalized spacial score (nSPS) is 55.0. The van der Waals surface area contributed by atoms with Gasteiger partial charge in [-0.25, -0.2) is 4.79 Å². The number of aliphatic carboxylic acids is 1. The van der Waals surface area contributed by atoms with E-state index in [1.54, 1.807) is 0 Å². The van der Waals surface area contributed by atoms with Gasteiger partial charge in [-0.3, -0.25) is 4.79 Å². The fraction of sp³-hybridized carbons (Fsp3) is 0.915. The van der Waals surface area contributed by atoms with Crippen molar-refractivity contribution in [3.05, 3.63) is 11.6 Å². The number of esters is 1. The molecule has 8 rings (SSSR count). The molecule has 11 N–H and O–H groups in total. The highest BCUT2D eigenvalue weighted by Gasteiger charge is 2.71. The highest BCUT2D eigenvalue weighted by atomic mass is 16.8. The SMILES string of the molecule is C[C@H]1[C@H](C)CC[C@@]2(C(=O)O[C@H]3O[C@@H](CO)[C@H](O)[C@@H](O)[C@@H]3O)CC[C@]3(C)C(=CC[C@H]4[C@]5(C)CC[C@@H](O[C@H]6O[C@@H](C(=O)O)[C@H](O)[C@@H](O)[C@@H]6O[C@H]6OC[C@H](O)[C@@H](O)[C@@H]6O)[C@](C)(CO)[C@H]5CC[C@@]43C)[C@@H]12. The van der Waals surface area contributed by atoms with Gasteiger partial charge in [0.05, 0.1) is 31.3 Å². The van der Waals surface area contributed by atoms with Crippen LogP contribution in [0.4, 0.5) is 0 Å². The first-order valence-corrected chi connectivity index (χ1v) is 24.0. The van der Waals surface area contributed by atoms with Crippen molar-refractivity contribution in [3.63, 3.8) is 0 Å². The molecule has 0 unspecified atom stereocenters. The van der Waals surface area contributed by atoms with E-state index >= 15 is 0 Å². The third-order valence-corrected chi connectivity index (χ3v) is 19.4. The van der Waals surface area contributed by atoms with Gasteiger partial charge in [-0.1, -0.05) is 53.2 Å². The zero-order chi connectivity index (χ0) is 48.2. The van der Waals surface area contributed by atoms with Crippen molar-refractivity contribution >= 4 is 11.9 Å². The van der Waals surface area contributed by atoms with Crippen molar-refractivity contribution in [2.24, 2.45) is 56.7 Å². The molecule has 25 atom stereocenters. The molecule has 0 aromatic rings. The molecule has 3 saturated heterocycles. The number of allylic oxidation sites excluding steroid dienone is 2. The lowest BCUT2D eigenvalue weighted by molar-refractivity contribution is -0.367. The van der Waals surface area contributed by atoms with Gasteiger partial charge in [0.15, 0.2) is 18.7 Å². The lowest BCUT2D eigenvalue weighted by Gasteiger charge is -2.71. The minimum atomic E-state index is -1.97. The Morgan fingerprint density at radius 2 is 1.42 bits per heavy atom. The summed E-state index contributed by atoms with van der Waals surface area (Å²) in [5.41, 5.74) is -1.62. The second-order valence-corrected chi connectivity index (χ2v) is 22.3. The Bertz CT molecular complexity index is 1830. The zero-order valence-corrected chi connectivity index (χ0v) is 38.8. The van der Waals surface area contributed by atoms with E-state index in [0.717, 1.165) is 12.8 Å². The molecule has 3 heterocycles. The summed E-state index contributed by atoms with van der Waals surface area (Å²) < 4.78 is 35.4. The number of carbonyl (C=O) groups is 2. The number of rotatable bonds is 9. The maximum atomic E-state index is 14.7. The molecule has 0 amide bonds. The molecule has 0 aromatic heterocycles. The second kappa shape index (κ2) is 18.0. The van der Waals surface area contributed by atoms with Crippen LogP contribution in [0.5, 0.6) is 0 Å². The van der Waals surface area contributed by atoms with Crippen molar-refractivity contribution in [2.45, 2.75) is 191 Å². The van der Waals surface area contributed by atoms with Gasteiger partial charge in [0.1, 0.15) is 61.0 Å². The predicted octanol–water partition coefficient (Wildman–Crippen LogP) is -0.300. The molecule has 19 nitrogen and oxygen atoms in total. The number of aliphatic hydroxyl groups excluding tert-OH is 10. The summed E-state index contributed by atoms with van der Waals surface area (Å²) in [7, 11) is 0. The number of carboxylic acids is 1. The Morgan fingerprint density at radius 3 is 2.09 bits per heavy atom. The van der Waals surface area contributed by atoms with Gasteiger partial charge in [-0.2, -0.15) is 0 Å². The molecule has 0 bridgehead atoms. The van der Waals surface area contributed by atoms with Crippen molar-refractivity contribution in [1.82, 2.24) is 0 Å². The Labute approximate surface area is 385 Å². The van der Waals surface area contributed by atoms with Gasteiger partial charge in [0, 0.05) is 5.41 Å². The van der Waals surface area contributed by atoms with E-state index in [9.17, 15) is 65.8 Å². The number of aliphatic hydroxyl groups is 10. The maximum Gasteiger partial charge on any atom is 0.335 e. The van der Waals surface area contributed by atoms with E-state index < -0.39 is 128 Å². The number of ether oxygens (including phenoxy) is 6. The monoisotopic (exact) mass is 942 g/mol. The van der Waals surface area contributed by atoms with Crippen LogP contribution in [0.1, 0.15) is 99.3 Å². The fourth-order valence-electron chi connectivity index (χ4n) is 15.0. The van der Waals surface area contributed by atoms with E-state index in [1.165, 1.54) is 5.57 Å². The van der Waals surface area contributed by atoms with Gasteiger partial charge in [0.2, 0.25) is 6.29 Å². The van der Waals surface area contributed by atoms with Crippen molar-refractivity contribution in [3.8, 4) is 0 Å². The third-order valence-electron chi connectivity index (χ3n) is 19.4. The zero-order valence-electron chi connectivity index (χ0n) is 38.8. The smallest absolute Gasteiger partial charge is 0.335 e. The van der Waals surface area contributed by atoms with E-state index in [1.807, 2.05) is 6.92 Å². The van der Waals surface area contributed by atoms with E-state index in [-0.39, 0.29) is 46.5 Å². The average molecular weight is 943 g/mol. The van der Waals surface area contributed by atoms with Crippen molar-refractivity contribution in [2.75, 3.05) is 19.8 Å². The van der Waals surface area contributed by atoms with Crippen LogP contribution in [-0.4, -0.2) is 180 Å². The van der Waals surface area contributed by atoms with Crippen LogP contribution in [-0.2, 0) is 38.0 Å². The number of fused-ring (bicyclic) bond motifs is 7. The minimum Gasteiger partial charge on any atom is -0.479 e. The molecule has 66 heavy (non-hydrogen) atoms. The number of carboxylic acid groups (broad SMARTS) is 1. The highest BCUT2D eigenvalue weighted by molar-refractivity contribution is 5.79. The summed E-state index contributed by atoms with van der Waals surface area (Å²) >= 11 is 0. The largest absolute Gasteiger partial charge is 0.479 e. The van der Waals surface area contributed by atoms with Crippen LogP contribution in [0.2, 0.25) is 0 Å². The number of hydrogen-bond acceptors (Lipinski definition) is 18. The molecular weight excluding hydrogens is 868 g/mol. The van der Waals surface area contributed by atoms with Gasteiger partial charge < -0.3 is 84.6 Å². The quantitative estimate of drug-likeness (QED) is 0.0803. The summed E-state index contributed by atoms with van der Waals surface area (Å²) in [6.45, 7) is 12.0. The molecule has 19 heteroatoms. The molecule has 7 fully saturated rings. The van der Waals surface area contributed by atoms with Crippen LogP contribution < -0.4 is 0 Å². The molecule has 0 aromatic carbocycles. The summed E-state index contributed by atoms with van der Waals surface area (Å²) in [6.07, 6.45) is -16.0. The third kappa shape index (κ3) is 7.56. The van der Waals surface area contributed by atoms with Gasteiger partial charge in [-0.05, 0) is 104 Å². The average Bonchev–Trinajstić information content (AvgIpc) is 3.28. The summed E-state index contributed by atoms with van der Waals surface area (Å²) in [4.78, 5) is 27.0. The first-order chi connectivity index (χ1) is 30.9. The van der Waals surface area contributed by atoms with E-state index in [0.29, 0.717) is 50.9 Å². The lowest BCUT2D eigenvalue weighted by atomic mass is 9.33. The summed E-state index contributed by atoms with van der Waals surface area (Å²) in [5.74, 6) is -1.91. The van der Waals surface area contributed by atoms with Gasteiger partial charge >= 0.3 is 11.9 Å². The lowest BCUT2D eigenvalue weighted by Crippen LogP contribution is -2.68. The maximum absolute atomic E-state index is 14.7. The van der Waals surface area contributed by atoms with Crippen molar-refractivity contribution < 1.29 is 94.2 Å². The fourth-order valence-corrected chi connectivity index (χ4v) is 15.0. The molecule has 376 valence electrons. The Hall–Kier alpha value is -1.92. The molecule has 8 aliphatic rings. The van der Waals surface area contributed by atoms with Crippen LogP contribution in [0, 0.1) is 56.7 Å². The second-order valence-electron chi connectivity index (χ2n) is 22.3. The van der Waals surface area contributed by atoms with E-state index in [4.69, 9.17) is 28.4 Å². The van der Waals surface area contributed by atoms with Crippen LogP contribution in [0.15, 0.2) is 11.6 Å². The van der Waals surface area contributed by atoms with Gasteiger partial charge in [0.25, 0.3) is 0 Å². The van der Waals surface area contributed by atoms with Crippen LogP contribution >= 0.6 is 0 Å². The Balaban J connectivity index is 1.07. The van der Waals surface area contributed by atoms with E-state index in [2.05, 4.69) is 40.7 Å². The van der Waals surface area contributed by atoms with Crippen molar-refractivity contribution in [1.29, 1.82) is 0 Å². The molecular formula is C47H74O19. The topological polar surface area (TPSA) is 312 Å². The molecule has 0 radical (unpaired) electrons. The standard InChI is InChI=1S/C47H74O19/c1-20-9-14-47(42(60)66-40-35(57)31(53)30(52)24(17-48)62-40)16-15-45(5)22(28(47)21(20)2)7-8-26-43(3)12-11-27(44(4,19-49)25(43)10-13-46(26,45)6)63-41-37(33(55)32(54)36(64-41)38(58)59)65-39-34(56)29(51)23(50)18-61-39/h7,20-21,23-37,39-41,48-57H,8-19H2,1-6H3,(H,58,59)/t20-,21+,23+,24+,25+,26+,27-,28-,29-,30+,31-,32-,33-,34+,35+,36-,37+,39-,40-,41+,43-,44-,45-,46+,47-/m1/s1. The Morgan fingerprint density at radius 1 is 0.727 bits per heavy atom. The molecule has 3 aliphatic heterocycles. The van der Waals surface area contributed by atoms with Gasteiger partial charge in [-0.15, -0.1) is 0 Å².